The summed E-state index contributed by atoms with van der Waals surface area (Å²) < 4.78 is 13.9. The van der Waals surface area contributed by atoms with Crippen molar-refractivity contribution in [3.05, 3.63) is 89.7 Å². The number of aromatic nitrogens is 4. The average Bonchev–Trinajstić information content (AvgIpc) is 3.24. The van der Waals surface area contributed by atoms with E-state index < -0.39 is 11.7 Å². The largest absolute Gasteiger partial charge is 0.324 e. The SMILES string of the molecule is Cc1ccc(NC(=O)Cn2nnc(-c3ccccc3NC(=O)c3ccccc3F)n2)cc1. The van der Waals surface area contributed by atoms with Gasteiger partial charge in [-0.25, -0.2) is 4.39 Å². The summed E-state index contributed by atoms with van der Waals surface area (Å²) in [6, 6.07) is 19.9. The van der Waals surface area contributed by atoms with Crippen LogP contribution in [0.2, 0.25) is 0 Å². The maximum absolute atomic E-state index is 13.9. The molecule has 0 aliphatic heterocycles. The molecule has 0 fully saturated rings. The number of amides is 2. The van der Waals surface area contributed by atoms with E-state index in [1.165, 1.54) is 18.2 Å². The van der Waals surface area contributed by atoms with Gasteiger partial charge in [0.25, 0.3) is 5.91 Å². The van der Waals surface area contributed by atoms with Crippen LogP contribution in [0, 0.1) is 12.7 Å². The van der Waals surface area contributed by atoms with Crippen molar-refractivity contribution >= 4 is 23.2 Å². The van der Waals surface area contributed by atoms with Crippen molar-refractivity contribution in [2.24, 2.45) is 0 Å². The van der Waals surface area contributed by atoms with Crippen molar-refractivity contribution in [2.75, 3.05) is 10.6 Å². The molecule has 0 unspecified atom stereocenters. The summed E-state index contributed by atoms with van der Waals surface area (Å²) in [5.41, 5.74) is 2.56. The van der Waals surface area contributed by atoms with E-state index >= 15 is 0 Å². The molecular formula is C23H19FN6O2. The summed E-state index contributed by atoms with van der Waals surface area (Å²) in [6.07, 6.45) is 0. The standard InChI is InChI=1S/C23H19FN6O2/c1-15-10-12-16(13-11-15)25-21(31)14-30-28-22(27-29-30)18-7-3-5-9-20(18)26-23(32)17-6-2-4-8-19(17)24/h2-13H,14H2,1H3,(H,25,31)(H,26,32). The van der Waals surface area contributed by atoms with Crippen LogP contribution in [-0.4, -0.2) is 32.0 Å². The fourth-order valence-corrected chi connectivity index (χ4v) is 3.01. The molecule has 0 bridgehead atoms. The highest BCUT2D eigenvalue weighted by molar-refractivity contribution is 6.06. The summed E-state index contributed by atoms with van der Waals surface area (Å²) in [5, 5.41) is 17.6. The number of nitrogens with one attached hydrogen (secondary N) is 2. The molecule has 3 aromatic carbocycles. The van der Waals surface area contributed by atoms with Gasteiger partial charge in [0.2, 0.25) is 11.7 Å². The highest BCUT2D eigenvalue weighted by Crippen LogP contribution is 2.25. The number of halogens is 1. The normalized spacial score (nSPS) is 10.6. The van der Waals surface area contributed by atoms with Gasteiger partial charge in [0.05, 0.1) is 11.3 Å². The van der Waals surface area contributed by atoms with Crippen molar-refractivity contribution in [1.82, 2.24) is 20.2 Å². The zero-order chi connectivity index (χ0) is 22.5. The number of nitrogens with zero attached hydrogens (tertiary/aromatic N) is 4. The first-order chi connectivity index (χ1) is 15.5. The molecule has 0 radical (unpaired) electrons. The van der Waals surface area contributed by atoms with Crippen LogP contribution in [0.15, 0.2) is 72.8 Å². The van der Waals surface area contributed by atoms with Crippen LogP contribution in [0.4, 0.5) is 15.8 Å². The Morgan fingerprint density at radius 1 is 0.938 bits per heavy atom. The first-order valence-electron chi connectivity index (χ1n) is 9.79. The van der Waals surface area contributed by atoms with E-state index in [0.29, 0.717) is 16.9 Å². The number of carbonyl (C=O) groups excluding carboxylic acids is 2. The molecule has 0 saturated carbocycles. The lowest BCUT2D eigenvalue weighted by Crippen LogP contribution is -2.20. The molecule has 0 saturated heterocycles. The highest BCUT2D eigenvalue weighted by atomic mass is 19.1. The van der Waals surface area contributed by atoms with E-state index in [1.807, 2.05) is 31.2 Å². The minimum Gasteiger partial charge on any atom is -0.324 e. The Morgan fingerprint density at radius 2 is 1.66 bits per heavy atom. The van der Waals surface area contributed by atoms with Gasteiger partial charge in [-0.1, -0.05) is 42.0 Å². The molecule has 4 rings (SSSR count). The van der Waals surface area contributed by atoms with Gasteiger partial charge in [-0.2, -0.15) is 4.80 Å². The van der Waals surface area contributed by atoms with Crippen molar-refractivity contribution in [1.29, 1.82) is 0 Å². The zero-order valence-electron chi connectivity index (χ0n) is 17.1. The molecule has 32 heavy (non-hydrogen) atoms. The summed E-state index contributed by atoms with van der Waals surface area (Å²) in [4.78, 5) is 25.9. The van der Waals surface area contributed by atoms with Crippen molar-refractivity contribution < 1.29 is 14.0 Å². The van der Waals surface area contributed by atoms with E-state index in [1.54, 1.807) is 30.3 Å². The van der Waals surface area contributed by atoms with Crippen LogP contribution < -0.4 is 10.6 Å². The maximum Gasteiger partial charge on any atom is 0.258 e. The van der Waals surface area contributed by atoms with Gasteiger partial charge in [-0.05, 0) is 48.5 Å². The van der Waals surface area contributed by atoms with Gasteiger partial charge < -0.3 is 10.6 Å². The Bertz CT molecular complexity index is 1270. The number of anilines is 2. The number of benzene rings is 3. The predicted octanol–water partition coefficient (Wildman–Crippen LogP) is 3.68. The number of aryl methyl sites for hydroxylation is 1. The number of carbonyl (C=O) groups is 2. The Kier molecular flexibility index (Phi) is 5.98. The van der Waals surface area contributed by atoms with E-state index in [4.69, 9.17) is 0 Å². The molecule has 0 atom stereocenters. The quantitative estimate of drug-likeness (QED) is 0.486. The topological polar surface area (TPSA) is 102 Å². The summed E-state index contributed by atoms with van der Waals surface area (Å²) in [5.74, 6) is -1.30. The Labute approximate surface area is 183 Å². The number of hydrogen-bond acceptors (Lipinski definition) is 5. The van der Waals surface area contributed by atoms with E-state index in [9.17, 15) is 14.0 Å². The van der Waals surface area contributed by atoms with E-state index in [0.717, 1.165) is 10.4 Å². The fraction of sp³-hybridized carbons (Fsp3) is 0.0870. The molecule has 1 aromatic heterocycles. The molecule has 2 N–H and O–H groups in total. The number of para-hydroxylation sites is 1. The monoisotopic (exact) mass is 430 g/mol. The van der Waals surface area contributed by atoms with Gasteiger partial charge in [-0.3, -0.25) is 9.59 Å². The van der Waals surface area contributed by atoms with Crippen LogP contribution in [0.25, 0.3) is 11.4 Å². The highest BCUT2D eigenvalue weighted by Gasteiger charge is 2.16. The molecule has 2 amide bonds. The third-order valence-corrected chi connectivity index (χ3v) is 4.61. The first kappa shape index (κ1) is 20.9. The lowest BCUT2D eigenvalue weighted by Gasteiger charge is -2.09. The molecule has 0 spiro atoms. The third-order valence-electron chi connectivity index (χ3n) is 4.61. The average molecular weight is 430 g/mol. The van der Waals surface area contributed by atoms with Crippen molar-refractivity contribution in [2.45, 2.75) is 13.5 Å². The minimum absolute atomic E-state index is 0.0771. The second-order valence-electron chi connectivity index (χ2n) is 7.04. The molecule has 0 aliphatic rings. The van der Waals surface area contributed by atoms with Crippen LogP contribution in [0.5, 0.6) is 0 Å². The molecule has 0 aliphatic carbocycles. The van der Waals surface area contributed by atoms with E-state index in [-0.39, 0.29) is 23.8 Å². The molecule has 1 heterocycles. The van der Waals surface area contributed by atoms with Crippen molar-refractivity contribution in [3.63, 3.8) is 0 Å². The van der Waals surface area contributed by atoms with E-state index in [2.05, 4.69) is 26.0 Å². The summed E-state index contributed by atoms with van der Waals surface area (Å²) >= 11 is 0. The minimum atomic E-state index is -0.619. The first-order valence-corrected chi connectivity index (χ1v) is 9.79. The lowest BCUT2D eigenvalue weighted by molar-refractivity contribution is -0.117. The Hall–Kier alpha value is -4.40. The Morgan fingerprint density at radius 3 is 2.44 bits per heavy atom. The smallest absolute Gasteiger partial charge is 0.258 e. The molecule has 160 valence electrons. The Balaban J connectivity index is 1.48. The second-order valence-corrected chi connectivity index (χ2v) is 7.04. The number of hydrogen-bond donors (Lipinski definition) is 2. The number of tetrazole rings is 1. The molecule has 8 nitrogen and oxygen atoms in total. The zero-order valence-corrected chi connectivity index (χ0v) is 17.1. The third kappa shape index (κ3) is 4.84. The van der Waals surface area contributed by atoms with Gasteiger partial charge >= 0.3 is 0 Å². The van der Waals surface area contributed by atoms with Gasteiger partial charge in [0.15, 0.2) is 0 Å². The molecule has 4 aromatic rings. The van der Waals surface area contributed by atoms with Crippen LogP contribution in [0.3, 0.4) is 0 Å². The van der Waals surface area contributed by atoms with Gasteiger partial charge in [0, 0.05) is 11.3 Å². The second kappa shape index (κ2) is 9.17. The predicted molar refractivity (Wildman–Crippen MR) is 117 cm³/mol. The number of rotatable bonds is 6. The van der Waals surface area contributed by atoms with Gasteiger partial charge in [0.1, 0.15) is 12.4 Å². The van der Waals surface area contributed by atoms with Crippen molar-refractivity contribution in [3.8, 4) is 11.4 Å². The molecule has 9 heteroatoms. The molecular weight excluding hydrogens is 411 g/mol. The van der Waals surface area contributed by atoms with Crippen LogP contribution in [-0.2, 0) is 11.3 Å². The fourth-order valence-electron chi connectivity index (χ4n) is 3.01. The lowest BCUT2D eigenvalue weighted by atomic mass is 10.1. The van der Waals surface area contributed by atoms with Crippen LogP contribution in [0.1, 0.15) is 15.9 Å². The summed E-state index contributed by atoms with van der Waals surface area (Å²) in [6.45, 7) is 1.83. The van der Waals surface area contributed by atoms with Crippen LogP contribution >= 0.6 is 0 Å². The maximum atomic E-state index is 13.9. The van der Waals surface area contributed by atoms with Gasteiger partial charge in [-0.15, -0.1) is 10.2 Å². The summed E-state index contributed by atoms with van der Waals surface area (Å²) in [7, 11) is 0.